The number of aryl methyl sites for hydroxylation is 2. The summed E-state index contributed by atoms with van der Waals surface area (Å²) < 4.78 is 18.7. The Morgan fingerprint density at radius 2 is 2.12 bits per heavy atom. The third-order valence-corrected chi connectivity index (χ3v) is 2.22. The Bertz CT molecular complexity index is 524. The number of nitrogens with zero attached hydrogens (tertiary/aromatic N) is 2. The van der Waals surface area contributed by atoms with Gasteiger partial charge < -0.3 is 9.84 Å². The van der Waals surface area contributed by atoms with E-state index in [1.54, 1.807) is 13.0 Å². The Morgan fingerprint density at radius 1 is 1.38 bits per heavy atom. The van der Waals surface area contributed by atoms with Crippen molar-refractivity contribution in [2.75, 3.05) is 5.43 Å². The summed E-state index contributed by atoms with van der Waals surface area (Å²) in [7, 11) is 0. The Hall–Kier alpha value is -1.95. The molecule has 2 aromatic heterocycles. The van der Waals surface area contributed by atoms with E-state index < -0.39 is 5.82 Å². The van der Waals surface area contributed by atoms with E-state index in [0.717, 1.165) is 5.56 Å². The predicted molar refractivity (Wildman–Crippen MR) is 57.0 cm³/mol. The number of nitrogens with one attached hydrogen (secondary N) is 1. The zero-order valence-corrected chi connectivity index (χ0v) is 8.91. The number of rotatable bonds is 2. The van der Waals surface area contributed by atoms with Gasteiger partial charge in [0.25, 0.3) is 0 Å². The number of halogens is 1. The lowest BCUT2D eigenvalue weighted by Crippen LogP contribution is -2.13. The number of aromatic nitrogens is 2. The van der Waals surface area contributed by atoms with Gasteiger partial charge in [0.1, 0.15) is 0 Å². The summed E-state index contributed by atoms with van der Waals surface area (Å²) in [4.78, 5) is 7.95. The van der Waals surface area contributed by atoms with Crippen LogP contribution >= 0.6 is 0 Å². The van der Waals surface area contributed by atoms with Crippen LogP contribution in [0, 0.1) is 19.7 Å². The molecular weight excluding hydrogens is 211 g/mol. The molecule has 0 aliphatic heterocycles. The van der Waals surface area contributed by atoms with E-state index in [9.17, 15) is 4.39 Å². The van der Waals surface area contributed by atoms with Gasteiger partial charge in [0, 0.05) is 0 Å². The SMILES string of the molecule is Cc1ccoc1-c1nc(C)c(F)c(NN)n1. The molecule has 3 N–H and O–H groups in total. The van der Waals surface area contributed by atoms with Crippen LogP contribution in [0.2, 0.25) is 0 Å². The number of furan rings is 1. The maximum Gasteiger partial charge on any atom is 0.198 e. The normalized spacial score (nSPS) is 10.5. The molecule has 0 radical (unpaired) electrons. The molecule has 0 spiro atoms. The van der Waals surface area contributed by atoms with Gasteiger partial charge in [0.15, 0.2) is 23.2 Å². The molecule has 5 nitrogen and oxygen atoms in total. The standard InChI is InChI=1S/C10H11FN4O/c1-5-3-4-16-8(5)10-13-6(2)7(11)9(14-10)15-12/h3-4H,12H2,1-2H3,(H,13,14,15). The van der Waals surface area contributed by atoms with E-state index in [1.807, 2.05) is 6.92 Å². The van der Waals surface area contributed by atoms with E-state index in [-0.39, 0.29) is 11.5 Å². The van der Waals surface area contributed by atoms with Crippen LogP contribution in [-0.4, -0.2) is 9.97 Å². The average molecular weight is 222 g/mol. The van der Waals surface area contributed by atoms with Crippen LogP contribution in [0.15, 0.2) is 16.7 Å². The number of hydrogen-bond donors (Lipinski definition) is 2. The highest BCUT2D eigenvalue weighted by molar-refractivity contribution is 5.55. The van der Waals surface area contributed by atoms with Gasteiger partial charge in [-0.25, -0.2) is 20.2 Å². The average Bonchev–Trinajstić information content (AvgIpc) is 2.68. The molecule has 0 atom stereocenters. The summed E-state index contributed by atoms with van der Waals surface area (Å²) in [5.41, 5.74) is 3.29. The van der Waals surface area contributed by atoms with Crippen molar-refractivity contribution in [3.63, 3.8) is 0 Å². The molecule has 0 unspecified atom stereocenters. The van der Waals surface area contributed by atoms with E-state index in [1.165, 1.54) is 6.26 Å². The van der Waals surface area contributed by atoms with Gasteiger partial charge in [-0.3, -0.25) is 0 Å². The number of nitrogen functional groups attached to an aromatic ring is 1. The van der Waals surface area contributed by atoms with Gasteiger partial charge >= 0.3 is 0 Å². The van der Waals surface area contributed by atoms with E-state index >= 15 is 0 Å². The van der Waals surface area contributed by atoms with Crippen LogP contribution in [0.3, 0.4) is 0 Å². The van der Waals surface area contributed by atoms with Crippen LogP contribution in [0.4, 0.5) is 10.2 Å². The minimum Gasteiger partial charge on any atom is -0.461 e. The van der Waals surface area contributed by atoms with Crippen LogP contribution in [-0.2, 0) is 0 Å². The third kappa shape index (κ3) is 1.63. The van der Waals surface area contributed by atoms with Crippen LogP contribution in [0.25, 0.3) is 11.6 Å². The summed E-state index contributed by atoms with van der Waals surface area (Å²) >= 11 is 0. The third-order valence-electron chi connectivity index (χ3n) is 2.22. The fraction of sp³-hybridized carbons (Fsp3) is 0.200. The monoisotopic (exact) mass is 222 g/mol. The lowest BCUT2D eigenvalue weighted by molar-refractivity contribution is 0.570. The van der Waals surface area contributed by atoms with Crippen molar-refractivity contribution in [1.82, 2.24) is 9.97 Å². The van der Waals surface area contributed by atoms with Crippen LogP contribution in [0.5, 0.6) is 0 Å². The fourth-order valence-electron chi connectivity index (χ4n) is 1.36. The Labute approximate surface area is 91.5 Å². The maximum absolute atomic E-state index is 13.4. The molecule has 0 bridgehead atoms. The first-order valence-electron chi connectivity index (χ1n) is 4.68. The summed E-state index contributed by atoms with van der Waals surface area (Å²) in [6, 6.07) is 1.78. The van der Waals surface area contributed by atoms with Crippen LogP contribution < -0.4 is 11.3 Å². The molecular formula is C10H11FN4O. The number of nitrogens with two attached hydrogens (primary N) is 1. The topological polar surface area (TPSA) is 77.0 Å². The summed E-state index contributed by atoms with van der Waals surface area (Å²) in [5.74, 6) is 5.39. The van der Waals surface area contributed by atoms with Crippen molar-refractivity contribution in [2.45, 2.75) is 13.8 Å². The Balaban J connectivity index is 2.59. The van der Waals surface area contributed by atoms with Crippen molar-refractivity contribution < 1.29 is 8.81 Å². The summed E-state index contributed by atoms with van der Waals surface area (Å²) in [5, 5.41) is 0. The van der Waals surface area contributed by atoms with Crippen molar-refractivity contribution in [2.24, 2.45) is 5.84 Å². The van der Waals surface area contributed by atoms with Crippen LogP contribution in [0.1, 0.15) is 11.3 Å². The highest BCUT2D eigenvalue weighted by atomic mass is 19.1. The molecule has 6 heteroatoms. The van der Waals surface area contributed by atoms with Crippen molar-refractivity contribution in [3.05, 3.63) is 29.4 Å². The second-order valence-electron chi connectivity index (χ2n) is 3.37. The Kier molecular flexibility index (Phi) is 2.57. The summed E-state index contributed by atoms with van der Waals surface area (Å²) in [6.07, 6.45) is 1.53. The lowest BCUT2D eigenvalue weighted by atomic mass is 10.2. The van der Waals surface area contributed by atoms with E-state index in [4.69, 9.17) is 10.3 Å². The second kappa shape index (κ2) is 3.90. The molecule has 2 heterocycles. The highest BCUT2D eigenvalue weighted by Crippen LogP contribution is 2.23. The van der Waals surface area contributed by atoms with Gasteiger partial charge in [0.2, 0.25) is 0 Å². The van der Waals surface area contributed by atoms with Crippen molar-refractivity contribution in [1.29, 1.82) is 0 Å². The van der Waals surface area contributed by atoms with Gasteiger partial charge in [-0.15, -0.1) is 0 Å². The molecule has 16 heavy (non-hydrogen) atoms. The largest absolute Gasteiger partial charge is 0.461 e. The molecule has 2 aromatic rings. The second-order valence-corrected chi connectivity index (χ2v) is 3.37. The minimum atomic E-state index is -0.560. The quantitative estimate of drug-likeness (QED) is 0.598. The molecule has 0 aromatic carbocycles. The van der Waals surface area contributed by atoms with Gasteiger partial charge in [-0.1, -0.05) is 0 Å². The molecule has 2 rings (SSSR count). The first kappa shape index (κ1) is 10.6. The van der Waals surface area contributed by atoms with Gasteiger partial charge in [-0.2, -0.15) is 0 Å². The molecule has 0 aliphatic rings. The van der Waals surface area contributed by atoms with E-state index in [0.29, 0.717) is 11.6 Å². The van der Waals surface area contributed by atoms with Crippen molar-refractivity contribution >= 4 is 5.82 Å². The first-order chi connectivity index (χ1) is 7.63. The van der Waals surface area contributed by atoms with Gasteiger partial charge in [0.05, 0.1) is 12.0 Å². The molecule has 0 saturated carbocycles. The predicted octanol–water partition coefficient (Wildman–Crippen LogP) is 1.78. The molecule has 84 valence electrons. The van der Waals surface area contributed by atoms with Gasteiger partial charge in [-0.05, 0) is 25.5 Å². The Morgan fingerprint density at radius 3 is 2.69 bits per heavy atom. The van der Waals surface area contributed by atoms with Crippen molar-refractivity contribution in [3.8, 4) is 11.6 Å². The lowest BCUT2D eigenvalue weighted by Gasteiger charge is -2.05. The molecule has 0 saturated heterocycles. The fourth-order valence-corrected chi connectivity index (χ4v) is 1.36. The zero-order valence-electron chi connectivity index (χ0n) is 8.91. The number of hydrazine groups is 1. The smallest absolute Gasteiger partial charge is 0.198 e. The molecule has 0 amide bonds. The molecule has 0 fully saturated rings. The highest BCUT2D eigenvalue weighted by Gasteiger charge is 2.15. The zero-order chi connectivity index (χ0) is 11.7. The number of anilines is 1. The van der Waals surface area contributed by atoms with E-state index in [2.05, 4.69) is 15.4 Å². The molecule has 0 aliphatic carbocycles. The minimum absolute atomic E-state index is 0.0432. The number of hydrogen-bond acceptors (Lipinski definition) is 5. The summed E-state index contributed by atoms with van der Waals surface area (Å²) in [6.45, 7) is 3.40. The first-order valence-corrected chi connectivity index (χ1v) is 4.68. The maximum atomic E-state index is 13.4.